The minimum atomic E-state index is -0.926. The van der Waals surface area contributed by atoms with Gasteiger partial charge in [0.25, 0.3) is 5.91 Å². The van der Waals surface area contributed by atoms with Crippen molar-refractivity contribution in [3.8, 4) is 0 Å². The van der Waals surface area contributed by atoms with Crippen molar-refractivity contribution in [2.75, 3.05) is 0 Å². The van der Waals surface area contributed by atoms with Crippen molar-refractivity contribution in [3.05, 3.63) is 62.7 Å². The molecule has 0 bridgehead atoms. The largest absolute Gasteiger partial charge is 0.334 e. The van der Waals surface area contributed by atoms with Crippen LogP contribution in [0.25, 0.3) is 5.57 Å². The van der Waals surface area contributed by atoms with E-state index in [1.54, 1.807) is 6.08 Å². The van der Waals surface area contributed by atoms with Crippen molar-refractivity contribution < 1.29 is 9.59 Å². The standard InChI is InChI=1S/C15H9ClINO2/c16-11-8-10(19)6-7-15(11)12(13(17)14(20)18-15)9-4-2-1-3-5-9/h1-8H,(H,18,20). The molecule has 100 valence electrons. The Morgan fingerprint density at radius 3 is 2.50 bits per heavy atom. The highest BCUT2D eigenvalue weighted by Crippen LogP contribution is 2.45. The van der Waals surface area contributed by atoms with Crippen molar-refractivity contribution in [1.82, 2.24) is 5.32 Å². The van der Waals surface area contributed by atoms with Gasteiger partial charge in [0, 0.05) is 11.6 Å². The van der Waals surface area contributed by atoms with Gasteiger partial charge >= 0.3 is 0 Å². The number of rotatable bonds is 1. The summed E-state index contributed by atoms with van der Waals surface area (Å²) in [7, 11) is 0. The van der Waals surface area contributed by atoms with E-state index in [9.17, 15) is 9.59 Å². The van der Waals surface area contributed by atoms with Gasteiger partial charge in [-0.1, -0.05) is 41.9 Å². The van der Waals surface area contributed by atoms with E-state index in [4.69, 9.17) is 11.6 Å². The third-order valence-corrected chi connectivity index (χ3v) is 4.77. The topological polar surface area (TPSA) is 46.2 Å². The average molecular weight is 398 g/mol. The zero-order valence-electron chi connectivity index (χ0n) is 10.2. The number of hydrogen-bond donors (Lipinski definition) is 1. The Labute approximate surface area is 134 Å². The molecule has 1 unspecified atom stereocenters. The first kappa shape index (κ1) is 13.6. The first-order valence-electron chi connectivity index (χ1n) is 5.93. The number of carbonyl (C=O) groups is 2. The van der Waals surface area contributed by atoms with Crippen LogP contribution in [0.2, 0.25) is 0 Å². The molecule has 1 aromatic carbocycles. The van der Waals surface area contributed by atoms with Crippen LogP contribution >= 0.6 is 34.2 Å². The number of amides is 1. The molecule has 0 saturated carbocycles. The highest BCUT2D eigenvalue weighted by atomic mass is 127. The quantitative estimate of drug-likeness (QED) is 0.741. The van der Waals surface area contributed by atoms with Crippen LogP contribution in [0.5, 0.6) is 0 Å². The number of ketones is 1. The monoisotopic (exact) mass is 397 g/mol. The molecular weight excluding hydrogens is 389 g/mol. The summed E-state index contributed by atoms with van der Waals surface area (Å²) >= 11 is 8.30. The van der Waals surface area contributed by atoms with Crippen LogP contribution in [-0.4, -0.2) is 17.2 Å². The predicted octanol–water partition coefficient (Wildman–Crippen LogP) is 2.96. The summed E-state index contributed by atoms with van der Waals surface area (Å²) < 4.78 is 0.583. The molecule has 1 heterocycles. The Kier molecular flexibility index (Phi) is 3.30. The van der Waals surface area contributed by atoms with E-state index >= 15 is 0 Å². The van der Waals surface area contributed by atoms with Crippen molar-refractivity contribution in [2.24, 2.45) is 0 Å². The first-order valence-corrected chi connectivity index (χ1v) is 7.39. The molecule has 1 aliphatic heterocycles. The molecule has 2 aliphatic rings. The van der Waals surface area contributed by atoms with Crippen LogP contribution in [0.15, 0.2) is 57.2 Å². The number of halogens is 2. The van der Waals surface area contributed by atoms with Gasteiger partial charge in [0.15, 0.2) is 5.78 Å². The molecule has 1 spiro atoms. The maximum Gasteiger partial charge on any atom is 0.259 e. The van der Waals surface area contributed by atoms with Crippen LogP contribution in [0.3, 0.4) is 0 Å². The molecule has 0 fully saturated rings. The molecule has 3 rings (SSSR count). The van der Waals surface area contributed by atoms with Crippen molar-refractivity contribution >= 4 is 51.5 Å². The van der Waals surface area contributed by atoms with Gasteiger partial charge in [-0.3, -0.25) is 9.59 Å². The molecule has 20 heavy (non-hydrogen) atoms. The molecule has 3 nitrogen and oxygen atoms in total. The fourth-order valence-corrected chi connectivity index (χ4v) is 3.60. The lowest BCUT2D eigenvalue weighted by atomic mass is 9.83. The van der Waals surface area contributed by atoms with Crippen molar-refractivity contribution in [1.29, 1.82) is 0 Å². The molecule has 1 aliphatic carbocycles. The first-order chi connectivity index (χ1) is 9.54. The smallest absolute Gasteiger partial charge is 0.259 e. The Hall–Kier alpha value is -1.40. The number of carbonyl (C=O) groups excluding carboxylic acids is 2. The highest BCUT2D eigenvalue weighted by Gasteiger charge is 2.46. The summed E-state index contributed by atoms with van der Waals surface area (Å²) in [6.07, 6.45) is 4.44. The third-order valence-electron chi connectivity index (χ3n) is 3.33. The van der Waals surface area contributed by atoms with E-state index in [1.807, 2.05) is 52.9 Å². The van der Waals surface area contributed by atoms with Gasteiger partial charge in [0.1, 0.15) is 5.54 Å². The van der Waals surface area contributed by atoms with Gasteiger partial charge in [0.2, 0.25) is 0 Å². The number of allylic oxidation sites excluding steroid dienone is 2. The van der Waals surface area contributed by atoms with E-state index in [1.165, 1.54) is 12.2 Å². The van der Waals surface area contributed by atoms with Crippen LogP contribution in [0.4, 0.5) is 0 Å². The van der Waals surface area contributed by atoms with Gasteiger partial charge < -0.3 is 5.32 Å². The van der Waals surface area contributed by atoms with E-state index in [-0.39, 0.29) is 11.7 Å². The van der Waals surface area contributed by atoms with Crippen LogP contribution in [0.1, 0.15) is 5.56 Å². The second-order valence-electron chi connectivity index (χ2n) is 4.55. The second-order valence-corrected chi connectivity index (χ2v) is 6.03. The molecule has 1 atom stereocenters. The zero-order valence-corrected chi connectivity index (χ0v) is 13.1. The lowest BCUT2D eigenvalue weighted by Crippen LogP contribution is -2.44. The van der Waals surface area contributed by atoms with Gasteiger partial charge in [-0.25, -0.2) is 0 Å². The van der Waals surface area contributed by atoms with Gasteiger partial charge in [-0.2, -0.15) is 0 Å². The summed E-state index contributed by atoms with van der Waals surface area (Å²) in [4.78, 5) is 23.5. The molecule has 0 saturated heterocycles. The summed E-state index contributed by atoms with van der Waals surface area (Å²) in [5, 5.41) is 3.19. The normalized spacial score (nSPS) is 25.2. The van der Waals surface area contributed by atoms with Crippen molar-refractivity contribution in [3.63, 3.8) is 0 Å². The second kappa shape index (κ2) is 4.86. The molecule has 1 aromatic rings. The number of hydrogen-bond acceptors (Lipinski definition) is 2. The minimum absolute atomic E-state index is 0.177. The summed E-state index contributed by atoms with van der Waals surface area (Å²) in [5.41, 5.74) is 0.763. The number of nitrogens with one attached hydrogen (secondary N) is 1. The molecule has 0 radical (unpaired) electrons. The zero-order chi connectivity index (χ0) is 14.3. The van der Waals surface area contributed by atoms with E-state index in [0.29, 0.717) is 8.61 Å². The Bertz CT molecular complexity index is 706. The van der Waals surface area contributed by atoms with Crippen LogP contribution < -0.4 is 5.32 Å². The highest BCUT2D eigenvalue weighted by molar-refractivity contribution is 14.1. The maximum absolute atomic E-state index is 12.1. The molecule has 1 N–H and O–H groups in total. The SMILES string of the molecule is O=C1C=CC2(NC(=O)C(I)=C2c2ccccc2)C(Cl)=C1. The minimum Gasteiger partial charge on any atom is -0.334 e. The van der Waals surface area contributed by atoms with Crippen LogP contribution in [0, 0.1) is 0 Å². The van der Waals surface area contributed by atoms with Crippen molar-refractivity contribution in [2.45, 2.75) is 5.54 Å². The van der Waals surface area contributed by atoms with E-state index < -0.39 is 5.54 Å². The summed E-state index contributed by atoms with van der Waals surface area (Å²) in [6.45, 7) is 0. The molecule has 0 aromatic heterocycles. The fraction of sp³-hybridized carbons (Fsp3) is 0.0667. The van der Waals surface area contributed by atoms with Gasteiger partial charge in [-0.15, -0.1) is 0 Å². The Morgan fingerprint density at radius 2 is 1.85 bits per heavy atom. The molecule has 5 heteroatoms. The van der Waals surface area contributed by atoms with Gasteiger partial charge in [-0.05, 0) is 40.3 Å². The summed E-state index contributed by atoms with van der Waals surface area (Å²) in [5.74, 6) is -0.362. The Balaban J connectivity index is 2.23. The van der Waals surface area contributed by atoms with Gasteiger partial charge in [0.05, 0.1) is 8.61 Å². The average Bonchev–Trinajstić information content (AvgIpc) is 2.69. The third kappa shape index (κ3) is 1.94. The fourth-order valence-electron chi connectivity index (χ4n) is 2.42. The predicted molar refractivity (Wildman–Crippen MR) is 86.3 cm³/mol. The number of benzene rings is 1. The molecular formula is C15H9ClINO2. The van der Waals surface area contributed by atoms with E-state index in [0.717, 1.165) is 11.1 Å². The van der Waals surface area contributed by atoms with E-state index in [2.05, 4.69) is 5.32 Å². The lowest BCUT2D eigenvalue weighted by molar-refractivity contribution is -0.116. The summed E-state index contributed by atoms with van der Waals surface area (Å²) in [6, 6.07) is 9.55. The van der Waals surface area contributed by atoms with Crippen LogP contribution in [-0.2, 0) is 9.59 Å². The lowest BCUT2D eigenvalue weighted by Gasteiger charge is -2.30. The molecule has 1 amide bonds. The Morgan fingerprint density at radius 1 is 1.15 bits per heavy atom. The maximum atomic E-state index is 12.1.